The Kier molecular flexibility index (Phi) is 11.5. The van der Waals surface area contributed by atoms with Crippen molar-refractivity contribution in [2.45, 2.75) is 56.8 Å². The number of likely N-dealkylation sites (N-methyl/N-ethyl adjacent to an activating group) is 1. The molecule has 2 heterocycles. The molecule has 6 N–H and O–H groups in total. The number of aromatic nitrogens is 2. The molecule has 0 aliphatic heterocycles. The van der Waals surface area contributed by atoms with Gasteiger partial charge in [0.2, 0.25) is 5.89 Å². The van der Waals surface area contributed by atoms with Crippen LogP contribution < -0.4 is 15.5 Å². The van der Waals surface area contributed by atoms with Crippen molar-refractivity contribution in [1.29, 1.82) is 0 Å². The van der Waals surface area contributed by atoms with Gasteiger partial charge in [0.05, 0.1) is 17.0 Å². The highest BCUT2D eigenvalue weighted by atomic mass is 32.1. The normalized spacial score (nSPS) is 15.7. The average molecular weight is 700 g/mol. The molecule has 5 aromatic rings. The minimum absolute atomic E-state index is 0.0287. The topological polar surface area (TPSA) is 164 Å². The number of carbonyl (C=O) groups is 1. The quantitative estimate of drug-likeness (QED) is 0.0899. The number of nitrogens with zero attached hydrogens (tertiary/aromatic N) is 2. The van der Waals surface area contributed by atoms with Gasteiger partial charge in [0.1, 0.15) is 17.0 Å². The number of nitrogens with one attached hydrogen (secondary N) is 3. The Morgan fingerprint density at radius 2 is 1.84 bits per heavy atom. The maximum atomic E-state index is 12.8. The van der Waals surface area contributed by atoms with Crippen LogP contribution in [0, 0.1) is 5.92 Å². The van der Waals surface area contributed by atoms with Gasteiger partial charge in [0, 0.05) is 56.2 Å². The second kappa shape index (κ2) is 16.1. The number of benzene rings is 3. The van der Waals surface area contributed by atoms with Crippen LogP contribution >= 0.6 is 11.3 Å². The van der Waals surface area contributed by atoms with E-state index < -0.39 is 11.7 Å². The standard InChI is InChI=1S/C38H45N5O6S/c1-43(20-18-29-23-41-36(49-29)38(48,27-8-4-2-5-9-27)28-10-6-3-7-11-28)21-19-40-35(46)26-14-12-25(13-15-26)22-39-24-32(45)30-16-17-31(44)33-34(30)50-37(47)42-33/h2,4-5,8-9,12-17,23,28,32,39,44-45,48H,3,6-7,10-11,18-22,24H2,1H3,(H,40,46)(H,42,47)/t32-,38-/m0/s1. The minimum atomic E-state index is -1.25. The van der Waals surface area contributed by atoms with Crippen LogP contribution in [0.4, 0.5) is 0 Å². The third-order valence-electron chi connectivity index (χ3n) is 9.64. The van der Waals surface area contributed by atoms with E-state index in [2.05, 4.69) is 25.5 Å². The first-order valence-corrected chi connectivity index (χ1v) is 18.1. The number of aromatic amines is 1. The van der Waals surface area contributed by atoms with Crippen LogP contribution in [-0.4, -0.2) is 69.3 Å². The third kappa shape index (κ3) is 8.17. The van der Waals surface area contributed by atoms with Crippen LogP contribution in [0.5, 0.6) is 5.75 Å². The Labute approximate surface area is 295 Å². The van der Waals surface area contributed by atoms with Crippen molar-refractivity contribution in [2.24, 2.45) is 5.92 Å². The number of aliphatic hydroxyl groups excluding tert-OH is 1. The predicted octanol–water partition coefficient (Wildman–Crippen LogP) is 4.83. The fourth-order valence-electron chi connectivity index (χ4n) is 6.76. The van der Waals surface area contributed by atoms with Crippen molar-refractivity contribution in [1.82, 2.24) is 25.5 Å². The van der Waals surface area contributed by atoms with Crippen LogP contribution in [-0.2, 0) is 18.6 Å². The largest absolute Gasteiger partial charge is 0.506 e. The number of aliphatic hydroxyl groups is 2. The number of carbonyl (C=O) groups excluding carboxylic acids is 1. The van der Waals surface area contributed by atoms with Crippen LogP contribution in [0.3, 0.4) is 0 Å². The number of phenolic OH excluding ortho intramolecular Hbond substituents is 1. The molecule has 1 saturated carbocycles. The summed E-state index contributed by atoms with van der Waals surface area (Å²) >= 11 is 0.955. The van der Waals surface area contributed by atoms with E-state index in [-0.39, 0.29) is 29.0 Å². The van der Waals surface area contributed by atoms with E-state index in [1.54, 1.807) is 24.4 Å². The molecule has 1 fully saturated rings. The third-order valence-corrected chi connectivity index (χ3v) is 10.6. The van der Waals surface area contributed by atoms with Gasteiger partial charge in [-0.05, 0) is 49.2 Å². The molecule has 12 heteroatoms. The number of rotatable bonds is 15. The molecule has 1 amide bonds. The highest BCUT2D eigenvalue weighted by Crippen LogP contribution is 2.43. The smallest absolute Gasteiger partial charge is 0.305 e. The average Bonchev–Trinajstić information content (AvgIpc) is 3.79. The van der Waals surface area contributed by atoms with Crippen molar-refractivity contribution >= 4 is 27.5 Å². The maximum Gasteiger partial charge on any atom is 0.305 e. The summed E-state index contributed by atoms with van der Waals surface area (Å²) in [7, 11) is 1.99. The van der Waals surface area contributed by atoms with E-state index in [4.69, 9.17) is 4.42 Å². The number of phenols is 1. The molecule has 0 saturated heterocycles. The molecular weight excluding hydrogens is 655 g/mol. The van der Waals surface area contributed by atoms with E-state index in [1.807, 2.05) is 49.5 Å². The van der Waals surface area contributed by atoms with Gasteiger partial charge in [-0.25, -0.2) is 4.98 Å². The van der Waals surface area contributed by atoms with Crippen LogP contribution in [0.2, 0.25) is 0 Å². The summed E-state index contributed by atoms with van der Waals surface area (Å²) in [5.41, 5.74) is 1.99. The molecule has 11 nitrogen and oxygen atoms in total. The van der Waals surface area contributed by atoms with Gasteiger partial charge in [0.15, 0.2) is 5.60 Å². The summed E-state index contributed by atoms with van der Waals surface area (Å²) in [5.74, 6) is 0.972. The van der Waals surface area contributed by atoms with Crippen LogP contribution in [0.25, 0.3) is 10.2 Å². The molecule has 1 aliphatic rings. The lowest BCUT2D eigenvalue weighted by molar-refractivity contribution is -0.0239. The minimum Gasteiger partial charge on any atom is -0.506 e. The van der Waals surface area contributed by atoms with Gasteiger partial charge in [-0.2, -0.15) is 0 Å². The Morgan fingerprint density at radius 1 is 1.08 bits per heavy atom. The SMILES string of the molecule is CN(CCNC(=O)c1ccc(CNC[C@H](O)c2ccc(O)c3[nH]c(=O)sc23)cc1)CCc1cnc([C@](O)(c2ccccc2)C2CCCCC2)o1. The summed E-state index contributed by atoms with van der Waals surface area (Å²) in [5, 5.41) is 38.9. The van der Waals surface area contributed by atoms with Gasteiger partial charge < -0.3 is 40.3 Å². The fraction of sp³-hybridized carbons (Fsp3) is 0.395. The van der Waals surface area contributed by atoms with Crippen molar-refractivity contribution in [3.8, 4) is 5.75 Å². The van der Waals surface area contributed by atoms with E-state index in [0.717, 1.165) is 53.9 Å². The summed E-state index contributed by atoms with van der Waals surface area (Å²) < 4.78 is 6.74. The number of hydrogen-bond acceptors (Lipinski definition) is 10. The first kappa shape index (κ1) is 35.5. The van der Waals surface area contributed by atoms with Gasteiger partial charge in [-0.15, -0.1) is 0 Å². The summed E-state index contributed by atoms with van der Waals surface area (Å²) in [4.78, 5) is 33.6. The molecule has 0 unspecified atom stereocenters. The summed E-state index contributed by atoms with van der Waals surface area (Å²) in [6.45, 7) is 2.56. The molecule has 6 rings (SSSR count). The van der Waals surface area contributed by atoms with Gasteiger partial charge in [0.25, 0.3) is 5.91 Å². The zero-order chi connectivity index (χ0) is 35.1. The molecule has 2 aromatic heterocycles. The Morgan fingerprint density at radius 3 is 2.60 bits per heavy atom. The van der Waals surface area contributed by atoms with Gasteiger partial charge in [-0.3, -0.25) is 9.59 Å². The maximum absolute atomic E-state index is 12.8. The van der Waals surface area contributed by atoms with E-state index in [0.29, 0.717) is 59.8 Å². The zero-order valence-corrected chi connectivity index (χ0v) is 29.0. The van der Waals surface area contributed by atoms with E-state index in [1.165, 1.54) is 12.5 Å². The highest BCUT2D eigenvalue weighted by Gasteiger charge is 2.44. The molecule has 50 heavy (non-hydrogen) atoms. The van der Waals surface area contributed by atoms with E-state index >= 15 is 0 Å². The molecule has 0 spiro atoms. The fourth-order valence-corrected chi connectivity index (χ4v) is 7.68. The summed E-state index contributed by atoms with van der Waals surface area (Å²) in [6.07, 6.45) is 6.76. The Balaban J connectivity index is 0.933. The lowest BCUT2D eigenvalue weighted by Gasteiger charge is -2.36. The molecule has 0 bridgehead atoms. The molecule has 3 aromatic carbocycles. The van der Waals surface area contributed by atoms with Crippen LogP contribution in [0.1, 0.15) is 76.9 Å². The van der Waals surface area contributed by atoms with Crippen LogP contribution in [0.15, 0.2) is 82.1 Å². The monoisotopic (exact) mass is 699 g/mol. The molecule has 0 radical (unpaired) electrons. The van der Waals surface area contributed by atoms with Crippen molar-refractivity contribution in [3.63, 3.8) is 0 Å². The number of hydrogen-bond donors (Lipinski definition) is 6. The second-order valence-corrected chi connectivity index (χ2v) is 14.1. The predicted molar refractivity (Wildman–Crippen MR) is 193 cm³/mol. The first-order valence-electron chi connectivity index (χ1n) is 17.2. The summed E-state index contributed by atoms with van der Waals surface area (Å²) in [6, 6.07) is 20.1. The molecular formula is C38H45N5O6S. The Hall–Kier alpha value is -4.33. The molecule has 1 aliphatic carbocycles. The highest BCUT2D eigenvalue weighted by molar-refractivity contribution is 7.16. The molecule has 264 valence electrons. The second-order valence-electron chi connectivity index (χ2n) is 13.1. The zero-order valence-electron chi connectivity index (χ0n) is 28.2. The number of H-pyrrole nitrogens is 1. The van der Waals surface area contributed by atoms with Crippen molar-refractivity contribution in [2.75, 3.05) is 33.2 Å². The number of amides is 1. The Bertz CT molecular complexity index is 1920. The van der Waals surface area contributed by atoms with Gasteiger partial charge >= 0.3 is 4.87 Å². The lowest BCUT2D eigenvalue weighted by atomic mass is 9.73. The van der Waals surface area contributed by atoms with E-state index in [9.17, 15) is 24.9 Å². The lowest BCUT2D eigenvalue weighted by Crippen LogP contribution is -2.38. The van der Waals surface area contributed by atoms with Crippen molar-refractivity contribution in [3.05, 3.63) is 116 Å². The number of oxazole rings is 1. The molecule has 2 atom stereocenters. The first-order chi connectivity index (χ1) is 24.2. The number of aromatic hydroxyl groups is 1. The van der Waals surface area contributed by atoms with Gasteiger partial charge in [-0.1, -0.05) is 79.1 Å². The van der Waals surface area contributed by atoms with Crippen molar-refractivity contribution < 1.29 is 24.5 Å². The number of fused-ring (bicyclic) bond motifs is 1. The number of thiazole rings is 1.